The topological polar surface area (TPSA) is 47.9 Å². The van der Waals surface area contributed by atoms with Gasteiger partial charge in [0.1, 0.15) is 10.4 Å². The molecule has 0 aliphatic heterocycles. The van der Waals surface area contributed by atoms with Crippen molar-refractivity contribution >= 4 is 15.9 Å². The quantitative estimate of drug-likeness (QED) is 0.808. The number of aromatic nitrogens is 3. The Morgan fingerprint density at radius 3 is 2.89 bits per heavy atom. The Balaban J connectivity index is 2.26. The average Bonchev–Trinajstić information content (AvgIpc) is 2.32. The van der Waals surface area contributed by atoms with Gasteiger partial charge in [0.25, 0.3) is 0 Å². The van der Waals surface area contributed by atoms with Crippen molar-refractivity contribution < 1.29 is 4.74 Å². The number of aryl methyl sites for hydroxylation is 2. The van der Waals surface area contributed by atoms with E-state index in [9.17, 15) is 0 Å². The third-order valence-corrected chi connectivity index (χ3v) is 2.77. The molecule has 0 aliphatic rings. The first-order valence-corrected chi connectivity index (χ1v) is 6.61. The van der Waals surface area contributed by atoms with Crippen LogP contribution < -0.4 is 4.74 Å². The van der Waals surface area contributed by atoms with Crippen molar-refractivity contribution in [3.05, 3.63) is 40.5 Å². The number of hydrogen-bond acceptors (Lipinski definition) is 4. The van der Waals surface area contributed by atoms with E-state index in [2.05, 4.69) is 37.8 Å². The van der Waals surface area contributed by atoms with Gasteiger partial charge in [0, 0.05) is 18.7 Å². The zero-order valence-electron chi connectivity index (χ0n) is 10.4. The SMILES string of the molecule is CCCc1nc(Br)cc(Oc2cccnc2C)n1. The molecular formula is C13H14BrN3O. The first kappa shape index (κ1) is 13.0. The molecule has 0 saturated heterocycles. The van der Waals surface area contributed by atoms with Crippen molar-refractivity contribution in [3.63, 3.8) is 0 Å². The van der Waals surface area contributed by atoms with Crippen LogP contribution >= 0.6 is 15.9 Å². The number of ether oxygens (including phenoxy) is 1. The highest BCUT2D eigenvalue weighted by Gasteiger charge is 2.06. The second kappa shape index (κ2) is 5.91. The zero-order valence-corrected chi connectivity index (χ0v) is 11.9. The molecule has 0 atom stereocenters. The summed E-state index contributed by atoms with van der Waals surface area (Å²) in [6, 6.07) is 5.47. The Morgan fingerprint density at radius 1 is 1.33 bits per heavy atom. The minimum Gasteiger partial charge on any atom is -0.437 e. The first-order valence-electron chi connectivity index (χ1n) is 5.82. The van der Waals surface area contributed by atoms with Crippen LogP contribution in [0.1, 0.15) is 24.9 Å². The van der Waals surface area contributed by atoms with Crippen molar-refractivity contribution in [1.82, 2.24) is 15.0 Å². The van der Waals surface area contributed by atoms with E-state index < -0.39 is 0 Å². The highest BCUT2D eigenvalue weighted by atomic mass is 79.9. The van der Waals surface area contributed by atoms with E-state index in [0.29, 0.717) is 11.6 Å². The summed E-state index contributed by atoms with van der Waals surface area (Å²) >= 11 is 3.37. The standard InChI is InChI=1S/C13H14BrN3O/c1-3-5-12-16-11(14)8-13(17-12)18-10-6-4-7-15-9(10)2/h4,6-8H,3,5H2,1-2H3. The lowest BCUT2D eigenvalue weighted by Gasteiger charge is -2.08. The van der Waals surface area contributed by atoms with E-state index in [0.717, 1.165) is 29.0 Å². The number of hydrogen-bond donors (Lipinski definition) is 0. The molecule has 0 aliphatic carbocycles. The van der Waals surface area contributed by atoms with Gasteiger partial charge in [-0.3, -0.25) is 4.98 Å². The van der Waals surface area contributed by atoms with Crippen LogP contribution in [0.4, 0.5) is 0 Å². The third kappa shape index (κ3) is 3.26. The van der Waals surface area contributed by atoms with Gasteiger partial charge in [-0.25, -0.2) is 4.98 Å². The van der Waals surface area contributed by atoms with Gasteiger partial charge in [0.15, 0.2) is 5.75 Å². The largest absolute Gasteiger partial charge is 0.437 e. The molecule has 94 valence electrons. The predicted molar refractivity (Wildman–Crippen MR) is 72.8 cm³/mol. The van der Waals surface area contributed by atoms with E-state index in [1.807, 2.05) is 19.1 Å². The maximum Gasteiger partial charge on any atom is 0.223 e. The zero-order chi connectivity index (χ0) is 13.0. The Labute approximate surface area is 115 Å². The summed E-state index contributed by atoms with van der Waals surface area (Å²) in [6.45, 7) is 3.99. The number of pyridine rings is 1. The van der Waals surface area contributed by atoms with Gasteiger partial charge in [0.2, 0.25) is 5.88 Å². The Hall–Kier alpha value is -1.49. The van der Waals surface area contributed by atoms with Gasteiger partial charge >= 0.3 is 0 Å². The van der Waals surface area contributed by atoms with Crippen LogP contribution in [0.3, 0.4) is 0 Å². The van der Waals surface area contributed by atoms with Crippen molar-refractivity contribution in [1.29, 1.82) is 0 Å². The molecule has 0 aromatic carbocycles. The molecule has 0 unspecified atom stereocenters. The van der Waals surface area contributed by atoms with Gasteiger partial charge in [-0.05, 0) is 41.4 Å². The number of rotatable bonds is 4. The summed E-state index contributed by atoms with van der Waals surface area (Å²) in [5.41, 5.74) is 0.837. The highest BCUT2D eigenvalue weighted by Crippen LogP contribution is 2.23. The highest BCUT2D eigenvalue weighted by molar-refractivity contribution is 9.10. The molecule has 2 rings (SSSR count). The summed E-state index contributed by atoms with van der Waals surface area (Å²) in [6.07, 6.45) is 3.57. The van der Waals surface area contributed by atoms with Crippen LogP contribution in [-0.4, -0.2) is 15.0 Å². The predicted octanol–water partition coefficient (Wildman–Crippen LogP) is 3.69. The Kier molecular flexibility index (Phi) is 4.25. The second-order valence-electron chi connectivity index (χ2n) is 3.88. The molecule has 0 N–H and O–H groups in total. The van der Waals surface area contributed by atoms with E-state index in [1.54, 1.807) is 12.3 Å². The molecule has 0 amide bonds. The molecule has 2 heterocycles. The van der Waals surface area contributed by atoms with Gasteiger partial charge in [-0.1, -0.05) is 6.92 Å². The fraction of sp³-hybridized carbons (Fsp3) is 0.308. The summed E-state index contributed by atoms with van der Waals surface area (Å²) in [4.78, 5) is 12.8. The summed E-state index contributed by atoms with van der Waals surface area (Å²) < 4.78 is 6.47. The molecule has 4 nitrogen and oxygen atoms in total. The Bertz CT molecular complexity index is 546. The summed E-state index contributed by atoms with van der Waals surface area (Å²) in [7, 11) is 0. The molecular weight excluding hydrogens is 294 g/mol. The number of nitrogens with zero attached hydrogens (tertiary/aromatic N) is 3. The molecule has 2 aromatic heterocycles. The van der Waals surface area contributed by atoms with Crippen molar-refractivity contribution in [2.75, 3.05) is 0 Å². The van der Waals surface area contributed by atoms with Gasteiger partial charge in [0.05, 0.1) is 5.69 Å². The van der Waals surface area contributed by atoms with Gasteiger partial charge in [-0.15, -0.1) is 0 Å². The van der Waals surface area contributed by atoms with Gasteiger partial charge in [-0.2, -0.15) is 4.98 Å². The fourth-order valence-electron chi connectivity index (χ4n) is 1.52. The molecule has 0 radical (unpaired) electrons. The molecule has 0 spiro atoms. The summed E-state index contributed by atoms with van der Waals surface area (Å²) in [5.74, 6) is 2.03. The molecule has 2 aromatic rings. The fourth-order valence-corrected chi connectivity index (χ4v) is 1.92. The maximum absolute atomic E-state index is 5.73. The molecule has 18 heavy (non-hydrogen) atoms. The first-order chi connectivity index (χ1) is 8.69. The van der Waals surface area contributed by atoms with Crippen LogP contribution in [-0.2, 0) is 6.42 Å². The lowest BCUT2D eigenvalue weighted by atomic mass is 10.3. The monoisotopic (exact) mass is 307 g/mol. The average molecular weight is 308 g/mol. The smallest absolute Gasteiger partial charge is 0.223 e. The van der Waals surface area contributed by atoms with Crippen molar-refractivity contribution in [3.8, 4) is 11.6 Å². The third-order valence-electron chi connectivity index (χ3n) is 2.36. The van der Waals surface area contributed by atoms with E-state index in [4.69, 9.17) is 4.74 Å². The van der Waals surface area contributed by atoms with Crippen LogP contribution in [0.5, 0.6) is 11.6 Å². The normalized spacial score (nSPS) is 10.4. The van der Waals surface area contributed by atoms with E-state index in [1.165, 1.54) is 0 Å². The molecule has 0 fully saturated rings. The van der Waals surface area contributed by atoms with Crippen LogP contribution in [0, 0.1) is 6.92 Å². The number of halogens is 1. The van der Waals surface area contributed by atoms with Crippen LogP contribution in [0.25, 0.3) is 0 Å². The van der Waals surface area contributed by atoms with Crippen molar-refractivity contribution in [2.45, 2.75) is 26.7 Å². The van der Waals surface area contributed by atoms with E-state index in [-0.39, 0.29) is 0 Å². The lowest BCUT2D eigenvalue weighted by Crippen LogP contribution is -1.98. The minimum atomic E-state index is 0.538. The van der Waals surface area contributed by atoms with Crippen LogP contribution in [0.15, 0.2) is 29.0 Å². The van der Waals surface area contributed by atoms with Crippen molar-refractivity contribution in [2.24, 2.45) is 0 Å². The van der Waals surface area contributed by atoms with E-state index >= 15 is 0 Å². The minimum absolute atomic E-state index is 0.538. The van der Waals surface area contributed by atoms with Crippen LogP contribution in [0.2, 0.25) is 0 Å². The molecule has 0 bridgehead atoms. The second-order valence-corrected chi connectivity index (χ2v) is 4.70. The maximum atomic E-state index is 5.73. The molecule has 5 heteroatoms. The molecule has 0 saturated carbocycles. The van der Waals surface area contributed by atoms with Gasteiger partial charge < -0.3 is 4.74 Å². The lowest BCUT2D eigenvalue weighted by molar-refractivity contribution is 0.451. The Morgan fingerprint density at radius 2 is 2.17 bits per heavy atom. The summed E-state index contributed by atoms with van der Waals surface area (Å²) in [5, 5.41) is 0.